The van der Waals surface area contributed by atoms with Crippen molar-refractivity contribution < 1.29 is 14.3 Å². The number of nitrogens with one attached hydrogen (secondary N) is 2. The second kappa shape index (κ2) is 7.63. The number of aromatic nitrogens is 2. The molecule has 0 saturated carbocycles. The molecule has 0 radical (unpaired) electrons. The zero-order valence-electron chi connectivity index (χ0n) is 14.3. The molecule has 2 amide bonds. The molecule has 7 heteroatoms. The van der Waals surface area contributed by atoms with Crippen molar-refractivity contribution >= 4 is 17.7 Å². The predicted octanol–water partition coefficient (Wildman–Crippen LogP) is 2.79. The highest BCUT2D eigenvalue weighted by atomic mass is 16.5. The van der Waals surface area contributed by atoms with Crippen LogP contribution < -0.4 is 10.6 Å². The van der Waals surface area contributed by atoms with Crippen molar-refractivity contribution in [3.8, 4) is 0 Å². The van der Waals surface area contributed by atoms with E-state index in [4.69, 9.17) is 4.74 Å². The fourth-order valence-corrected chi connectivity index (χ4v) is 2.43. The quantitative estimate of drug-likeness (QED) is 0.826. The highest BCUT2D eigenvalue weighted by Crippen LogP contribution is 2.19. The van der Waals surface area contributed by atoms with Crippen molar-refractivity contribution in [3.63, 3.8) is 0 Å². The van der Waals surface area contributed by atoms with Crippen LogP contribution in [0, 0.1) is 6.92 Å². The summed E-state index contributed by atoms with van der Waals surface area (Å²) >= 11 is 0. The summed E-state index contributed by atoms with van der Waals surface area (Å²) in [7, 11) is 3.16. The summed E-state index contributed by atoms with van der Waals surface area (Å²) in [4.78, 5) is 23.9. The van der Waals surface area contributed by atoms with E-state index in [9.17, 15) is 9.59 Å². The first-order valence-electron chi connectivity index (χ1n) is 7.70. The van der Waals surface area contributed by atoms with Crippen LogP contribution in [0.3, 0.4) is 0 Å². The van der Waals surface area contributed by atoms with Crippen molar-refractivity contribution in [2.75, 3.05) is 12.4 Å². The molecule has 2 N–H and O–H groups in total. The molecule has 0 fully saturated rings. The fraction of sp³-hybridized carbons (Fsp3) is 0.353. The van der Waals surface area contributed by atoms with Gasteiger partial charge in [-0.25, -0.2) is 9.59 Å². The molecule has 0 bridgehead atoms. The number of hydrogen-bond acceptors (Lipinski definition) is 4. The standard InChI is InChI=1S/C17H22N4O3/c1-5-13(15-8-9-18-21(15)3)19-17(23)20-14-10-12(16(22)24-4)7-6-11(14)2/h6-10,13H,5H2,1-4H3,(H2,19,20,23). The van der Waals surface area contributed by atoms with E-state index in [1.165, 1.54) is 7.11 Å². The molecule has 1 unspecified atom stereocenters. The van der Waals surface area contributed by atoms with E-state index in [1.807, 2.05) is 27.0 Å². The van der Waals surface area contributed by atoms with Crippen molar-refractivity contribution in [3.05, 3.63) is 47.3 Å². The Morgan fingerprint density at radius 1 is 1.33 bits per heavy atom. The van der Waals surface area contributed by atoms with Gasteiger partial charge in [-0.05, 0) is 37.1 Å². The maximum absolute atomic E-state index is 12.3. The predicted molar refractivity (Wildman–Crippen MR) is 90.9 cm³/mol. The second-order valence-electron chi connectivity index (χ2n) is 5.46. The Kier molecular flexibility index (Phi) is 5.57. The van der Waals surface area contributed by atoms with Gasteiger partial charge in [0.15, 0.2) is 0 Å². The number of hydrogen-bond donors (Lipinski definition) is 2. The lowest BCUT2D eigenvalue weighted by Gasteiger charge is -2.18. The van der Waals surface area contributed by atoms with Crippen molar-refractivity contribution in [2.45, 2.75) is 26.3 Å². The van der Waals surface area contributed by atoms with Crippen LogP contribution in [0.25, 0.3) is 0 Å². The molecule has 1 atom stereocenters. The third-order valence-corrected chi connectivity index (χ3v) is 3.84. The number of carbonyl (C=O) groups is 2. The number of ether oxygens (including phenoxy) is 1. The zero-order chi connectivity index (χ0) is 17.7. The van der Waals surface area contributed by atoms with E-state index in [-0.39, 0.29) is 12.1 Å². The third kappa shape index (κ3) is 3.92. The number of rotatable bonds is 5. The van der Waals surface area contributed by atoms with Gasteiger partial charge in [0.05, 0.1) is 24.4 Å². The first-order valence-corrected chi connectivity index (χ1v) is 7.70. The topological polar surface area (TPSA) is 85.2 Å². The summed E-state index contributed by atoms with van der Waals surface area (Å²) in [5, 5.41) is 9.83. The molecule has 7 nitrogen and oxygen atoms in total. The first kappa shape index (κ1) is 17.5. The van der Waals surface area contributed by atoms with Gasteiger partial charge >= 0.3 is 12.0 Å². The van der Waals surface area contributed by atoms with Crippen LogP contribution in [-0.2, 0) is 11.8 Å². The number of urea groups is 1. The summed E-state index contributed by atoms with van der Waals surface area (Å²) < 4.78 is 6.44. The van der Waals surface area contributed by atoms with Crippen LogP contribution in [0.5, 0.6) is 0 Å². The monoisotopic (exact) mass is 330 g/mol. The molecule has 0 aliphatic heterocycles. The van der Waals surface area contributed by atoms with Crippen LogP contribution in [-0.4, -0.2) is 28.9 Å². The highest BCUT2D eigenvalue weighted by molar-refractivity contribution is 5.94. The fourth-order valence-electron chi connectivity index (χ4n) is 2.43. The van der Waals surface area contributed by atoms with Gasteiger partial charge < -0.3 is 15.4 Å². The maximum Gasteiger partial charge on any atom is 0.337 e. The van der Waals surface area contributed by atoms with Gasteiger partial charge in [-0.15, -0.1) is 0 Å². The minimum Gasteiger partial charge on any atom is -0.465 e. The molecule has 128 valence electrons. The average molecular weight is 330 g/mol. The van der Waals surface area contributed by atoms with Gasteiger partial charge in [-0.2, -0.15) is 5.10 Å². The number of aryl methyl sites for hydroxylation is 2. The minimum absolute atomic E-state index is 0.151. The van der Waals surface area contributed by atoms with Crippen LogP contribution in [0.15, 0.2) is 30.5 Å². The minimum atomic E-state index is -0.445. The van der Waals surface area contributed by atoms with E-state index < -0.39 is 5.97 Å². The lowest BCUT2D eigenvalue weighted by atomic mass is 10.1. The molecule has 1 aromatic carbocycles. The first-order chi connectivity index (χ1) is 11.5. The Balaban J connectivity index is 2.11. The number of anilines is 1. The molecule has 0 spiro atoms. The lowest BCUT2D eigenvalue weighted by molar-refractivity contribution is 0.0600. The maximum atomic E-state index is 12.3. The van der Waals surface area contributed by atoms with Crippen LogP contribution in [0.4, 0.5) is 10.5 Å². The van der Waals surface area contributed by atoms with Crippen molar-refractivity contribution in [1.29, 1.82) is 0 Å². The number of esters is 1. The molecule has 1 aromatic heterocycles. The zero-order valence-corrected chi connectivity index (χ0v) is 14.3. The Labute approximate surface area is 141 Å². The number of amides is 2. The van der Waals surface area contributed by atoms with Gasteiger partial charge in [0.25, 0.3) is 0 Å². The van der Waals surface area contributed by atoms with E-state index >= 15 is 0 Å². The number of methoxy groups -OCH3 is 1. The van der Waals surface area contributed by atoms with E-state index in [1.54, 1.807) is 29.1 Å². The Morgan fingerprint density at radius 3 is 2.67 bits per heavy atom. The Bertz CT molecular complexity index is 739. The number of carbonyl (C=O) groups excluding carboxylic acids is 2. The summed E-state index contributed by atoms with van der Waals surface area (Å²) in [5.41, 5.74) is 2.73. The molecule has 24 heavy (non-hydrogen) atoms. The normalized spacial score (nSPS) is 11.7. The molecular weight excluding hydrogens is 308 g/mol. The Hall–Kier alpha value is -2.83. The van der Waals surface area contributed by atoms with E-state index in [0.29, 0.717) is 11.3 Å². The van der Waals surface area contributed by atoms with Gasteiger partial charge in [0.1, 0.15) is 0 Å². The summed E-state index contributed by atoms with van der Waals surface area (Å²) in [5.74, 6) is -0.445. The van der Waals surface area contributed by atoms with Gasteiger partial charge in [0.2, 0.25) is 0 Å². The number of benzene rings is 1. The summed E-state index contributed by atoms with van der Waals surface area (Å²) in [6, 6.07) is 6.41. The largest absolute Gasteiger partial charge is 0.465 e. The number of nitrogens with zero attached hydrogens (tertiary/aromatic N) is 2. The molecule has 0 saturated heterocycles. The van der Waals surface area contributed by atoms with Crippen LogP contribution >= 0.6 is 0 Å². The third-order valence-electron chi connectivity index (χ3n) is 3.84. The lowest BCUT2D eigenvalue weighted by Crippen LogP contribution is -2.33. The van der Waals surface area contributed by atoms with E-state index in [0.717, 1.165) is 17.7 Å². The van der Waals surface area contributed by atoms with Crippen LogP contribution in [0.1, 0.15) is 41.0 Å². The SMILES string of the molecule is CCC(NC(=O)Nc1cc(C(=O)OC)ccc1C)c1ccnn1C. The average Bonchev–Trinajstić information content (AvgIpc) is 2.99. The van der Waals surface area contributed by atoms with E-state index in [2.05, 4.69) is 15.7 Å². The van der Waals surface area contributed by atoms with Gasteiger partial charge in [-0.3, -0.25) is 4.68 Å². The smallest absolute Gasteiger partial charge is 0.337 e. The van der Waals surface area contributed by atoms with Gasteiger partial charge in [0, 0.05) is 18.9 Å². The second-order valence-corrected chi connectivity index (χ2v) is 5.46. The van der Waals surface area contributed by atoms with Gasteiger partial charge in [-0.1, -0.05) is 13.0 Å². The van der Waals surface area contributed by atoms with Crippen molar-refractivity contribution in [1.82, 2.24) is 15.1 Å². The highest BCUT2D eigenvalue weighted by Gasteiger charge is 2.17. The molecule has 1 heterocycles. The molecule has 2 rings (SSSR count). The van der Waals surface area contributed by atoms with Crippen LogP contribution in [0.2, 0.25) is 0 Å². The summed E-state index contributed by atoms with van der Waals surface area (Å²) in [6.45, 7) is 3.84. The Morgan fingerprint density at radius 2 is 2.08 bits per heavy atom. The van der Waals surface area contributed by atoms with Crippen molar-refractivity contribution in [2.24, 2.45) is 7.05 Å². The molecular formula is C17H22N4O3. The molecule has 0 aliphatic carbocycles. The molecule has 0 aliphatic rings. The molecule has 2 aromatic rings. The summed E-state index contributed by atoms with van der Waals surface area (Å²) in [6.07, 6.45) is 2.43.